The quantitative estimate of drug-likeness (QED) is 0.414. The van der Waals surface area contributed by atoms with Gasteiger partial charge in [0.2, 0.25) is 0 Å². The zero-order valence-electron chi connectivity index (χ0n) is 18.3. The van der Waals surface area contributed by atoms with E-state index in [1.165, 1.54) is 0 Å². The SMILES string of the molecule is CCOc1ccc(/C(O)=C2/C(=O)C(=O)N(C3CCCCC3)C2c2ccc(C)o2)cc1C. The van der Waals surface area contributed by atoms with E-state index in [4.69, 9.17) is 9.15 Å². The Morgan fingerprint density at radius 2 is 1.87 bits per heavy atom. The molecule has 31 heavy (non-hydrogen) atoms. The molecule has 4 rings (SSSR count). The number of ether oxygens (including phenoxy) is 1. The van der Waals surface area contributed by atoms with Crippen molar-refractivity contribution in [2.45, 2.75) is 65.0 Å². The number of nitrogens with zero attached hydrogens (tertiary/aromatic N) is 1. The first-order valence-corrected chi connectivity index (χ1v) is 11.0. The van der Waals surface area contributed by atoms with Crippen molar-refractivity contribution in [3.8, 4) is 5.75 Å². The third-order valence-electron chi connectivity index (χ3n) is 6.23. The monoisotopic (exact) mass is 423 g/mol. The van der Waals surface area contributed by atoms with E-state index in [9.17, 15) is 14.7 Å². The number of furan rings is 1. The molecule has 1 saturated heterocycles. The minimum Gasteiger partial charge on any atom is -0.507 e. The van der Waals surface area contributed by atoms with Crippen LogP contribution < -0.4 is 4.74 Å². The van der Waals surface area contributed by atoms with Crippen LogP contribution in [-0.2, 0) is 9.59 Å². The van der Waals surface area contributed by atoms with Gasteiger partial charge in [0, 0.05) is 11.6 Å². The Labute approximate surface area is 182 Å². The summed E-state index contributed by atoms with van der Waals surface area (Å²) in [7, 11) is 0. The highest BCUT2D eigenvalue weighted by Crippen LogP contribution is 2.43. The molecule has 1 saturated carbocycles. The summed E-state index contributed by atoms with van der Waals surface area (Å²) >= 11 is 0. The fraction of sp³-hybridized carbons (Fsp3) is 0.440. The van der Waals surface area contributed by atoms with Crippen LogP contribution in [0.5, 0.6) is 5.75 Å². The number of hydrogen-bond donors (Lipinski definition) is 1. The van der Waals surface area contributed by atoms with Crippen LogP contribution >= 0.6 is 0 Å². The van der Waals surface area contributed by atoms with Crippen LogP contribution in [0.2, 0.25) is 0 Å². The van der Waals surface area contributed by atoms with E-state index in [1.54, 1.807) is 29.2 Å². The van der Waals surface area contributed by atoms with E-state index in [1.807, 2.05) is 26.8 Å². The molecule has 1 aliphatic carbocycles. The number of Topliss-reactive ketones (excluding diaryl/α,β-unsaturated/α-hetero) is 1. The van der Waals surface area contributed by atoms with Crippen LogP contribution in [0.4, 0.5) is 0 Å². The predicted octanol–water partition coefficient (Wildman–Crippen LogP) is 5.05. The Kier molecular flexibility index (Phi) is 5.90. The molecule has 2 heterocycles. The number of benzene rings is 1. The lowest BCUT2D eigenvalue weighted by Gasteiger charge is -2.34. The summed E-state index contributed by atoms with van der Waals surface area (Å²) in [6.45, 7) is 6.16. The molecule has 1 aromatic carbocycles. The Morgan fingerprint density at radius 1 is 1.13 bits per heavy atom. The molecule has 1 atom stereocenters. The van der Waals surface area contributed by atoms with Crippen molar-refractivity contribution < 1.29 is 23.8 Å². The highest BCUT2D eigenvalue weighted by atomic mass is 16.5. The number of carbonyl (C=O) groups excluding carboxylic acids is 2. The highest BCUT2D eigenvalue weighted by molar-refractivity contribution is 6.46. The van der Waals surface area contributed by atoms with Gasteiger partial charge in [-0.05, 0) is 69.5 Å². The lowest BCUT2D eigenvalue weighted by Crippen LogP contribution is -2.40. The molecular weight excluding hydrogens is 394 g/mol. The number of hydrogen-bond acceptors (Lipinski definition) is 5. The zero-order chi connectivity index (χ0) is 22.1. The van der Waals surface area contributed by atoms with Gasteiger partial charge >= 0.3 is 0 Å². The van der Waals surface area contributed by atoms with Gasteiger partial charge < -0.3 is 19.2 Å². The third kappa shape index (κ3) is 3.87. The lowest BCUT2D eigenvalue weighted by molar-refractivity contribution is -0.142. The molecule has 0 radical (unpaired) electrons. The summed E-state index contributed by atoms with van der Waals surface area (Å²) < 4.78 is 11.4. The van der Waals surface area contributed by atoms with Gasteiger partial charge in [-0.15, -0.1) is 0 Å². The van der Waals surface area contributed by atoms with Crippen LogP contribution in [0.15, 0.2) is 40.3 Å². The summed E-state index contributed by atoms with van der Waals surface area (Å²) in [4.78, 5) is 27.9. The van der Waals surface area contributed by atoms with Crippen LogP contribution in [-0.4, -0.2) is 34.3 Å². The fourth-order valence-electron chi connectivity index (χ4n) is 4.74. The van der Waals surface area contributed by atoms with Gasteiger partial charge in [-0.3, -0.25) is 9.59 Å². The normalized spacial score (nSPS) is 21.6. The van der Waals surface area contributed by atoms with Crippen molar-refractivity contribution in [3.63, 3.8) is 0 Å². The molecule has 1 amide bonds. The number of ketones is 1. The Morgan fingerprint density at radius 3 is 2.48 bits per heavy atom. The average molecular weight is 424 g/mol. The van der Waals surface area contributed by atoms with Crippen LogP contribution in [0, 0.1) is 13.8 Å². The number of carbonyl (C=O) groups is 2. The second-order valence-electron chi connectivity index (χ2n) is 8.36. The summed E-state index contributed by atoms with van der Waals surface area (Å²) in [6.07, 6.45) is 4.89. The van der Waals surface area contributed by atoms with Crippen molar-refractivity contribution in [1.29, 1.82) is 0 Å². The molecule has 6 nitrogen and oxygen atoms in total. The summed E-state index contributed by atoms with van der Waals surface area (Å²) in [5.41, 5.74) is 1.42. The van der Waals surface area contributed by atoms with Crippen molar-refractivity contribution >= 4 is 17.4 Å². The molecule has 2 aliphatic rings. The van der Waals surface area contributed by atoms with E-state index in [2.05, 4.69) is 0 Å². The molecular formula is C25H29NO5. The molecule has 1 aliphatic heterocycles. The van der Waals surface area contributed by atoms with Crippen molar-refractivity contribution in [1.82, 2.24) is 4.90 Å². The first-order valence-electron chi connectivity index (χ1n) is 11.0. The average Bonchev–Trinajstić information content (AvgIpc) is 3.31. The fourth-order valence-corrected chi connectivity index (χ4v) is 4.74. The van der Waals surface area contributed by atoms with E-state index < -0.39 is 17.7 Å². The van der Waals surface area contributed by atoms with Gasteiger partial charge in [-0.25, -0.2) is 0 Å². The Bertz CT molecular complexity index is 1030. The molecule has 164 valence electrons. The molecule has 0 bridgehead atoms. The second kappa shape index (κ2) is 8.61. The van der Waals surface area contributed by atoms with Gasteiger partial charge in [0.25, 0.3) is 11.7 Å². The first kappa shape index (κ1) is 21.2. The van der Waals surface area contributed by atoms with E-state index in [0.29, 0.717) is 23.7 Å². The van der Waals surface area contributed by atoms with Crippen molar-refractivity contribution in [2.24, 2.45) is 0 Å². The van der Waals surface area contributed by atoms with Gasteiger partial charge in [-0.1, -0.05) is 19.3 Å². The first-order chi connectivity index (χ1) is 14.9. The molecule has 1 unspecified atom stereocenters. The largest absolute Gasteiger partial charge is 0.507 e. The van der Waals surface area contributed by atoms with Gasteiger partial charge in [0.05, 0.1) is 12.2 Å². The maximum Gasteiger partial charge on any atom is 0.296 e. The Balaban J connectivity index is 1.83. The predicted molar refractivity (Wildman–Crippen MR) is 117 cm³/mol. The van der Waals surface area contributed by atoms with Crippen LogP contribution in [0.3, 0.4) is 0 Å². The van der Waals surface area contributed by atoms with Crippen molar-refractivity contribution in [2.75, 3.05) is 6.61 Å². The van der Waals surface area contributed by atoms with E-state index >= 15 is 0 Å². The smallest absolute Gasteiger partial charge is 0.296 e. The van der Waals surface area contributed by atoms with E-state index in [-0.39, 0.29) is 17.4 Å². The Hall–Kier alpha value is -3.02. The number of aliphatic hydroxyl groups excluding tert-OH is 1. The summed E-state index contributed by atoms with van der Waals surface area (Å²) in [6, 6.07) is 8.12. The summed E-state index contributed by atoms with van der Waals surface area (Å²) in [5, 5.41) is 11.2. The third-order valence-corrected chi connectivity index (χ3v) is 6.23. The zero-order valence-corrected chi connectivity index (χ0v) is 18.3. The molecule has 6 heteroatoms. The highest BCUT2D eigenvalue weighted by Gasteiger charge is 2.50. The molecule has 1 N–H and O–H groups in total. The lowest BCUT2D eigenvalue weighted by atomic mass is 9.92. The number of aryl methyl sites for hydroxylation is 2. The van der Waals surface area contributed by atoms with Crippen LogP contribution in [0.25, 0.3) is 5.76 Å². The van der Waals surface area contributed by atoms with Gasteiger partial charge in [0.15, 0.2) is 0 Å². The number of amides is 1. The summed E-state index contributed by atoms with van der Waals surface area (Å²) in [5.74, 6) is 0.526. The van der Waals surface area contributed by atoms with Crippen LogP contribution in [0.1, 0.15) is 67.7 Å². The number of likely N-dealkylation sites (tertiary alicyclic amines) is 1. The number of rotatable bonds is 5. The van der Waals surface area contributed by atoms with E-state index in [0.717, 1.165) is 43.4 Å². The minimum atomic E-state index is -0.719. The topological polar surface area (TPSA) is 80.0 Å². The maximum atomic E-state index is 13.1. The molecule has 2 aromatic rings. The molecule has 2 fully saturated rings. The molecule has 0 spiro atoms. The second-order valence-corrected chi connectivity index (χ2v) is 8.36. The maximum absolute atomic E-state index is 13.1. The number of aliphatic hydroxyl groups is 1. The van der Waals surface area contributed by atoms with Gasteiger partial charge in [0.1, 0.15) is 29.1 Å². The van der Waals surface area contributed by atoms with Crippen molar-refractivity contribution in [3.05, 3.63) is 58.6 Å². The standard InChI is InChI=1S/C25H29NO5/c1-4-30-19-13-11-17(14-15(19)2)23(27)21-22(20-12-10-16(3)31-20)26(25(29)24(21)28)18-8-6-5-7-9-18/h10-14,18,22,27H,4-9H2,1-3H3/b23-21-. The molecule has 1 aromatic heterocycles. The van der Waals surface area contributed by atoms with Gasteiger partial charge in [-0.2, -0.15) is 0 Å². The minimum absolute atomic E-state index is 0.0343.